The number of aromatic nitrogens is 4. The number of phenols is 1. The third-order valence-electron chi connectivity index (χ3n) is 5.76. The van der Waals surface area contributed by atoms with E-state index in [2.05, 4.69) is 10.3 Å². The summed E-state index contributed by atoms with van der Waals surface area (Å²) >= 11 is 1.52. The number of nitrogens with one attached hydrogen (secondary N) is 1. The van der Waals surface area contributed by atoms with E-state index in [-0.39, 0.29) is 17.5 Å². The minimum atomic E-state index is -3.23. The highest BCUT2D eigenvalue weighted by molar-refractivity contribution is 7.89. The van der Waals surface area contributed by atoms with E-state index >= 15 is 0 Å². The number of aromatic hydroxyl groups is 1. The van der Waals surface area contributed by atoms with Gasteiger partial charge in [-0.1, -0.05) is 12.1 Å². The second-order valence-corrected chi connectivity index (χ2v) is 11.1. The van der Waals surface area contributed by atoms with Gasteiger partial charge in [0, 0.05) is 42.5 Å². The van der Waals surface area contributed by atoms with Crippen molar-refractivity contribution in [1.82, 2.24) is 23.7 Å². The van der Waals surface area contributed by atoms with Crippen molar-refractivity contribution in [2.24, 2.45) is 0 Å². The van der Waals surface area contributed by atoms with E-state index in [4.69, 9.17) is 9.97 Å². The van der Waals surface area contributed by atoms with Crippen LogP contribution in [-0.2, 0) is 10.0 Å². The summed E-state index contributed by atoms with van der Waals surface area (Å²) < 4.78 is 28.1. The number of anilines is 1. The van der Waals surface area contributed by atoms with E-state index in [1.54, 1.807) is 35.6 Å². The molecule has 1 aliphatic rings. The molecule has 2 N–H and O–H groups in total. The number of hydrogen-bond donors (Lipinski definition) is 2. The summed E-state index contributed by atoms with van der Waals surface area (Å²) in [5.41, 5.74) is 3.01. The molecule has 4 aromatic rings. The molecule has 1 fully saturated rings. The number of imidazole rings is 1. The molecule has 4 heterocycles. The fraction of sp³-hybridized carbons (Fsp3) is 0.318. The van der Waals surface area contributed by atoms with Crippen LogP contribution in [-0.4, -0.2) is 62.1 Å². The van der Waals surface area contributed by atoms with Crippen LogP contribution in [0.25, 0.3) is 27.6 Å². The van der Waals surface area contributed by atoms with E-state index in [0.29, 0.717) is 24.7 Å². The fourth-order valence-electron chi connectivity index (χ4n) is 4.12. The molecule has 0 spiro atoms. The van der Waals surface area contributed by atoms with Crippen molar-refractivity contribution in [2.75, 3.05) is 24.2 Å². The van der Waals surface area contributed by atoms with Crippen molar-refractivity contribution in [3.05, 3.63) is 48.1 Å². The van der Waals surface area contributed by atoms with Gasteiger partial charge in [-0.3, -0.25) is 4.40 Å². The monoisotopic (exact) mass is 484 g/mol. The van der Waals surface area contributed by atoms with Gasteiger partial charge in [0.2, 0.25) is 16.0 Å². The highest BCUT2D eigenvalue weighted by Crippen LogP contribution is 2.34. The van der Waals surface area contributed by atoms with E-state index in [9.17, 15) is 13.5 Å². The highest BCUT2D eigenvalue weighted by Gasteiger charge is 2.28. The Bertz CT molecular complexity index is 1400. The molecule has 33 heavy (non-hydrogen) atoms. The summed E-state index contributed by atoms with van der Waals surface area (Å²) in [7, 11) is -3.23. The predicted molar refractivity (Wildman–Crippen MR) is 129 cm³/mol. The molecule has 0 amide bonds. The maximum absolute atomic E-state index is 12.3. The Labute approximate surface area is 195 Å². The van der Waals surface area contributed by atoms with Gasteiger partial charge >= 0.3 is 0 Å². The molecular weight excluding hydrogens is 460 g/mol. The zero-order chi connectivity index (χ0) is 23.0. The molecule has 1 saturated heterocycles. The molecule has 3 aromatic heterocycles. The lowest BCUT2D eigenvalue weighted by atomic mass is 10.1. The highest BCUT2D eigenvalue weighted by atomic mass is 32.2. The SMILES string of the molecule is CCS(=O)(=O)N1CCC[C@@H](Nc2nccc(-c3c(-c4cccc(O)c4)nc4sccn34)n2)C1. The molecule has 172 valence electrons. The van der Waals surface area contributed by atoms with Gasteiger partial charge in [0.15, 0.2) is 4.96 Å². The first-order valence-corrected chi connectivity index (χ1v) is 13.3. The Kier molecular flexibility index (Phi) is 5.77. The van der Waals surface area contributed by atoms with Crippen molar-refractivity contribution in [2.45, 2.75) is 25.8 Å². The molecule has 11 heteroatoms. The van der Waals surface area contributed by atoms with Crippen molar-refractivity contribution < 1.29 is 13.5 Å². The van der Waals surface area contributed by atoms with Crippen LogP contribution >= 0.6 is 11.3 Å². The zero-order valence-corrected chi connectivity index (χ0v) is 19.7. The summed E-state index contributed by atoms with van der Waals surface area (Å²) in [5.74, 6) is 0.713. The molecule has 9 nitrogen and oxygen atoms in total. The van der Waals surface area contributed by atoms with Gasteiger partial charge in [-0.25, -0.2) is 23.4 Å². The van der Waals surface area contributed by atoms with Gasteiger partial charge in [-0.05, 0) is 38.0 Å². The maximum Gasteiger partial charge on any atom is 0.223 e. The zero-order valence-electron chi connectivity index (χ0n) is 18.0. The molecule has 0 bridgehead atoms. The average molecular weight is 485 g/mol. The first-order chi connectivity index (χ1) is 15.9. The smallest absolute Gasteiger partial charge is 0.223 e. The molecule has 1 aliphatic heterocycles. The molecule has 1 atom stereocenters. The van der Waals surface area contributed by atoms with E-state index in [1.807, 2.05) is 28.1 Å². The van der Waals surface area contributed by atoms with Crippen LogP contribution in [0.3, 0.4) is 0 Å². The summed E-state index contributed by atoms with van der Waals surface area (Å²) in [5, 5.41) is 15.3. The number of thiazole rings is 1. The topological polar surface area (TPSA) is 113 Å². The van der Waals surface area contributed by atoms with Crippen LogP contribution in [0.2, 0.25) is 0 Å². The van der Waals surface area contributed by atoms with Crippen molar-refractivity contribution in [3.8, 4) is 28.4 Å². The first-order valence-electron chi connectivity index (χ1n) is 10.8. The summed E-state index contributed by atoms with van der Waals surface area (Å²) in [4.78, 5) is 14.7. The van der Waals surface area contributed by atoms with Gasteiger partial charge in [0.05, 0.1) is 17.1 Å². The van der Waals surface area contributed by atoms with E-state index in [0.717, 1.165) is 34.8 Å². The quantitative estimate of drug-likeness (QED) is 0.431. The Morgan fingerprint density at radius 2 is 2.15 bits per heavy atom. The second-order valence-electron chi connectivity index (χ2n) is 7.92. The van der Waals surface area contributed by atoms with Crippen molar-refractivity contribution >= 4 is 32.3 Å². The minimum absolute atomic E-state index is 0.0625. The number of fused-ring (bicyclic) bond motifs is 1. The Morgan fingerprint density at radius 3 is 2.97 bits per heavy atom. The van der Waals surface area contributed by atoms with Crippen LogP contribution in [0.15, 0.2) is 48.1 Å². The number of piperidine rings is 1. The second kappa shape index (κ2) is 8.73. The van der Waals surface area contributed by atoms with Crippen LogP contribution in [0.1, 0.15) is 19.8 Å². The number of sulfonamides is 1. The number of hydrogen-bond acceptors (Lipinski definition) is 8. The Balaban J connectivity index is 1.48. The lowest BCUT2D eigenvalue weighted by molar-refractivity contribution is 0.327. The number of phenolic OH excluding ortho intramolecular Hbond substituents is 1. The van der Waals surface area contributed by atoms with Gasteiger partial charge in [-0.2, -0.15) is 4.31 Å². The van der Waals surface area contributed by atoms with E-state index < -0.39 is 10.0 Å². The van der Waals surface area contributed by atoms with E-state index in [1.165, 1.54) is 11.3 Å². The van der Waals surface area contributed by atoms with Gasteiger partial charge in [-0.15, -0.1) is 11.3 Å². The van der Waals surface area contributed by atoms with Gasteiger partial charge < -0.3 is 10.4 Å². The summed E-state index contributed by atoms with van der Waals surface area (Å²) in [6.07, 6.45) is 5.26. The standard InChI is InChI=1S/C22H24N6O3S2/c1-2-33(30,31)27-10-4-6-16(14-27)24-21-23-9-8-18(25-21)20-19(15-5-3-7-17(29)13-15)26-22-28(20)11-12-32-22/h3,5,7-9,11-13,16,29H,2,4,6,10,14H2,1H3,(H,23,24,25)/t16-/m1/s1. The van der Waals surface area contributed by atoms with Crippen LogP contribution in [0.4, 0.5) is 5.95 Å². The number of nitrogens with zero attached hydrogens (tertiary/aromatic N) is 5. The summed E-state index contributed by atoms with van der Waals surface area (Å²) in [6, 6.07) is 8.76. The number of benzene rings is 1. The predicted octanol–water partition coefficient (Wildman–Crippen LogP) is 3.45. The first kappa shape index (κ1) is 21.8. The van der Waals surface area contributed by atoms with Crippen molar-refractivity contribution in [1.29, 1.82) is 0 Å². The molecule has 1 aromatic carbocycles. The fourth-order valence-corrected chi connectivity index (χ4v) is 6.02. The summed E-state index contributed by atoms with van der Waals surface area (Å²) in [6.45, 7) is 2.62. The molecule has 5 rings (SSSR count). The normalized spacial score (nSPS) is 17.4. The average Bonchev–Trinajstić information content (AvgIpc) is 3.41. The third kappa shape index (κ3) is 4.31. The van der Waals surface area contributed by atoms with Crippen molar-refractivity contribution in [3.63, 3.8) is 0 Å². The van der Waals surface area contributed by atoms with Crippen LogP contribution < -0.4 is 5.32 Å². The van der Waals surface area contributed by atoms with Gasteiger partial charge in [0.1, 0.15) is 11.4 Å². The van der Waals surface area contributed by atoms with Gasteiger partial charge in [0.25, 0.3) is 0 Å². The molecular formula is C22H24N6O3S2. The largest absolute Gasteiger partial charge is 0.508 e. The Morgan fingerprint density at radius 1 is 1.27 bits per heavy atom. The maximum atomic E-state index is 12.3. The molecule has 0 radical (unpaired) electrons. The van der Waals surface area contributed by atoms with Crippen LogP contribution in [0, 0.1) is 0 Å². The third-order valence-corrected chi connectivity index (χ3v) is 8.36. The lowest BCUT2D eigenvalue weighted by Gasteiger charge is -2.32. The van der Waals surface area contributed by atoms with Crippen LogP contribution in [0.5, 0.6) is 5.75 Å². The Hall–Kier alpha value is -3.02. The number of rotatable bonds is 6. The minimum Gasteiger partial charge on any atom is -0.508 e. The molecule has 0 unspecified atom stereocenters. The lowest BCUT2D eigenvalue weighted by Crippen LogP contribution is -2.45. The molecule has 0 saturated carbocycles. The molecule has 0 aliphatic carbocycles.